The molecule has 18 heavy (non-hydrogen) atoms. The second-order valence-corrected chi connectivity index (χ2v) is 4.65. The minimum atomic E-state index is -0.493. The van der Waals surface area contributed by atoms with Gasteiger partial charge in [-0.05, 0) is 38.7 Å². The summed E-state index contributed by atoms with van der Waals surface area (Å²) in [5.41, 5.74) is 0.661. The highest BCUT2D eigenvalue weighted by Crippen LogP contribution is 2.24. The number of hydrogen-bond acceptors (Lipinski definition) is 3. The Bertz CT molecular complexity index is 423. The van der Waals surface area contributed by atoms with Gasteiger partial charge in [-0.2, -0.15) is 0 Å². The molecule has 0 aliphatic heterocycles. The van der Waals surface area contributed by atoms with Gasteiger partial charge < -0.3 is 9.64 Å². The van der Waals surface area contributed by atoms with Gasteiger partial charge in [0.1, 0.15) is 5.82 Å². The molecule has 0 heterocycles. The van der Waals surface area contributed by atoms with Crippen LogP contribution in [0, 0.1) is 5.82 Å². The molecule has 0 N–H and O–H groups in total. The predicted molar refractivity (Wildman–Crippen MR) is 69.3 cm³/mol. The molecule has 1 aromatic carbocycles. The van der Waals surface area contributed by atoms with Gasteiger partial charge in [-0.25, -0.2) is 4.39 Å². The van der Waals surface area contributed by atoms with Crippen LogP contribution in [0.15, 0.2) is 18.2 Å². The fraction of sp³-hybridized carbons (Fsp3) is 0.462. The van der Waals surface area contributed by atoms with E-state index in [0.717, 1.165) is 0 Å². The van der Waals surface area contributed by atoms with E-state index in [1.165, 1.54) is 12.1 Å². The molecule has 0 amide bonds. The Morgan fingerprint density at radius 1 is 1.50 bits per heavy atom. The molecule has 0 saturated carbocycles. The Hall–Kier alpha value is -1.13. The van der Waals surface area contributed by atoms with Crippen molar-refractivity contribution in [1.82, 2.24) is 4.90 Å². The number of ether oxygens (including phenoxy) is 1. The third-order valence-electron chi connectivity index (χ3n) is 2.46. The number of carbonyl (C=O) groups is 1. The van der Waals surface area contributed by atoms with Gasteiger partial charge in [0.05, 0.1) is 17.5 Å². The van der Waals surface area contributed by atoms with Gasteiger partial charge in [-0.3, -0.25) is 4.79 Å². The van der Waals surface area contributed by atoms with Gasteiger partial charge in [-0.1, -0.05) is 17.7 Å². The van der Waals surface area contributed by atoms with Crippen LogP contribution in [0.2, 0.25) is 5.02 Å². The lowest BCUT2D eigenvalue weighted by atomic mass is 9.98. The van der Waals surface area contributed by atoms with Gasteiger partial charge in [0.15, 0.2) is 0 Å². The maximum atomic E-state index is 13.1. The van der Waals surface area contributed by atoms with Crippen LogP contribution in [0.25, 0.3) is 0 Å². The molecular formula is C13H17ClFNO2. The van der Waals surface area contributed by atoms with Crippen LogP contribution < -0.4 is 0 Å². The third kappa shape index (κ3) is 3.96. The minimum absolute atomic E-state index is 0.0144. The second kappa shape index (κ2) is 6.71. The first-order valence-electron chi connectivity index (χ1n) is 5.72. The lowest BCUT2D eigenvalue weighted by molar-refractivity contribution is -0.145. The monoisotopic (exact) mass is 273 g/mol. The van der Waals surface area contributed by atoms with Crippen molar-refractivity contribution in [1.29, 1.82) is 0 Å². The smallest absolute Gasteiger partial charge is 0.314 e. The molecule has 1 rings (SSSR count). The zero-order valence-electron chi connectivity index (χ0n) is 10.7. The maximum absolute atomic E-state index is 13.1. The summed E-state index contributed by atoms with van der Waals surface area (Å²) in [5.74, 6) is -1.28. The van der Waals surface area contributed by atoms with Crippen LogP contribution in [-0.2, 0) is 9.53 Å². The molecule has 0 fully saturated rings. The van der Waals surface area contributed by atoms with Gasteiger partial charge in [0.25, 0.3) is 0 Å². The average Bonchev–Trinajstić information content (AvgIpc) is 2.30. The molecule has 0 saturated heterocycles. The molecule has 0 bridgehead atoms. The second-order valence-electron chi connectivity index (χ2n) is 4.24. The number of hydrogen-bond donors (Lipinski definition) is 0. The van der Waals surface area contributed by atoms with E-state index in [2.05, 4.69) is 0 Å². The highest BCUT2D eigenvalue weighted by atomic mass is 35.5. The Labute approximate surface area is 111 Å². The van der Waals surface area contributed by atoms with Gasteiger partial charge in [0, 0.05) is 6.54 Å². The molecule has 5 heteroatoms. The van der Waals surface area contributed by atoms with Crippen molar-refractivity contribution in [3.63, 3.8) is 0 Å². The van der Waals surface area contributed by atoms with Crippen molar-refractivity contribution in [3.8, 4) is 0 Å². The third-order valence-corrected chi connectivity index (χ3v) is 2.75. The number of rotatable bonds is 5. The van der Waals surface area contributed by atoms with Crippen molar-refractivity contribution >= 4 is 17.6 Å². The zero-order valence-corrected chi connectivity index (χ0v) is 11.5. The van der Waals surface area contributed by atoms with E-state index < -0.39 is 11.7 Å². The van der Waals surface area contributed by atoms with Crippen molar-refractivity contribution in [2.24, 2.45) is 0 Å². The number of nitrogens with zero attached hydrogens (tertiary/aromatic N) is 1. The molecule has 1 aromatic rings. The predicted octanol–water partition coefficient (Wildman–Crippen LogP) is 2.69. The van der Waals surface area contributed by atoms with Crippen molar-refractivity contribution in [2.45, 2.75) is 12.8 Å². The van der Waals surface area contributed by atoms with Gasteiger partial charge in [-0.15, -0.1) is 0 Å². The summed E-state index contributed by atoms with van der Waals surface area (Å²) in [6, 6.07) is 4.30. The van der Waals surface area contributed by atoms with Crippen LogP contribution in [0.5, 0.6) is 0 Å². The van der Waals surface area contributed by atoms with E-state index in [4.69, 9.17) is 16.3 Å². The molecule has 1 unspecified atom stereocenters. The van der Waals surface area contributed by atoms with E-state index in [0.29, 0.717) is 18.7 Å². The summed E-state index contributed by atoms with van der Waals surface area (Å²) in [6.07, 6.45) is 0. The van der Waals surface area contributed by atoms with E-state index in [1.54, 1.807) is 13.0 Å². The van der Waals surface area contributed by atoms with Crippen molar-refractivity contribution in [2.75, 3.05) is 27.2 Å². The first-order chi connectivity index (χ1) is 8.45. The number of esters is 1. The first-order valence-corrected chi connectivity index (χ1v) is 6.09. The lowest BCUT2D eigenvalue weighted by Gasteiger charge is -2.20. The molecule has 1 atom stereocenters. The van der Waals surface area contributed by atoms with Crippen molar-refractivity contribution in [3.05, 3.63) is 34.6 Å². The molecular weight excluding hydrogens is 257 g/mol. The normalized spacial score (nSPS) is 12.6. The number of likely N-dealkylation sites (N-methyl/N-ethyl adjacent to an activating group) is 1. The minimum Gasteiger partial charge on any atom is -0.465 e. The number of halogens is 2. The maximum Gasteiger partial charge on any atom is 0.314 e. The summed E-state index contributed by atoms with van der Waals surface area (Å²) in [6.45, 7) is 2.56. The lowest BCUT2D eigenvalue weighted by Crippen LogP contribution is -2.27. The fourth-order valence-corrected chi connectivity index (χ4v) is 1.84. The van der Waals surface area contributed by atoms with Gasteiger partial charge in [0.2, 0.25) is 0 Å². The standard InChI is InChI=1S/C13H17ClFNO2/c1-4-18-13(17)10(8-16(2)3)9-5-6-12(15)11(14)7-9/h5-7,10H,4,8H2,1-3H3. The molecule has 100 valence electrons. The summed E-state index contributed by atoms with van der Waals surface area (Å²) >= 11 is 5.74. The SMILES string of the molecule is CCOC(=O)C(CN(C)C)c1ccc(F)c(Cl)c1. The van der Waals surface area contributed by atoms with Crippen molar-refractivity contribution < 1.29 is 13.9 Å². The summed E-state index contributed by atoms with van der Waals surface area (Å²) in [4.78, 5) is 13.8. The Morgan fingerprint density at radius 3 is 2.67 bits per heavy atom. The summed E-state index contributed by atoms with van der Waals surface area (Å²) in [7, 11) is 3.72. The van der Waals surface area contributed by atoms with Crippen LogP contribution >= 0.6 is 11.6 Å². The molecule has 0 aliphatic rings. The Kier molecular flexibility index (Phi) is 5.56. The summed E-state index contributed by atoms with van der Waals surface area (Å²) < 4.78 is 18.1. The number of benzene rings is 1. The number of carbonyl (C=O) groups excluding carboxylic acids is 1. The van der Waals surface area contributed by atoms with Crippen LogP contribution in [-0.4, -0.2) is 38.1 Å². The van der Waals surface area contributed by atoms with Crippen LogP contribution in [0.1, 0.15) is 18.4 Å². The van der Waals surface area contributed by atoms with E-state index in [9.17, 15) is 9.18 Å². The molecule has 0 radical (unpaired) electrons. The quantitative estimate of drug-likeness (QED) is 0.773. The van der Waals surface area contributed by atoms with E-state index in [1.807, 2.05) is 19.0 Å². The Balaban J connectivity index is 3.00. The van der Waals surface area contributed by atoms with Crippen LogP contribution in [0.3, 0.4) is 0 Å². The molecule has 0 aliphatic carbocycles. The summed E-state index contributed by atoms with van der Waals surface area (Å²) in [5, 5.41) is 0.0144. The molecule has 0 aromatic heterocycles. The topological polar surface area (TPSA) is 29.5 Å². The van der Waals surface area contributed by atoms with E-state index in [-0.39, 0.29) is 11.0 Å². The highest BCUT2D eigenvalue weighted by Gasteiger charge is 2.23. The highest BCUT2D eigenvalue weighted by molar-refractivity contribution is 6.30. The Morgan fingerprint density at radius 2 is 2.17 bits per heavy atom. The molecule has 3 nitrogen and oxygen atoms in total. The fourth-order valence-electron chi connectivity index (χ4n) is 1.65. The first kappa shape index (κ1) is 14.9. The largest absolute Gasteiger partial charge is 0.465 e. The average molecular weight is 274 g/mol. The van der Waals surface area contributed by atoms with Crippen LogP contribution in [0.4, 0.5) is 4.39 Å². The molecule has 0 spiro atoms. The van der Waals surface area contributed by atoms with Gasteiger partial charge >= 0.3 is 5.97 Å². The zero-order chi connectivity index (χ0) is 13.7. The van der Waals surface area contributed by atoms with E-state index >= 15 is 0 Å².